The van der Waals surface area contributed by atoms with Gasteiger partial charge in [0, 0.05) is 0 Å². The molecule has 0 aliphatic carbocycles. The van der Waals surface area contributed by atoms with Crippen molar-refractivity contribution in [1.29, 1.82) is 0 Å². The highest BCUT2D eigenvalue weighted by Crippen LogP contribution is 2.44. The highest BCUT2D eigenvalue weighted by atomic mass is 33.1. The number of carbonyl (C=O) groups is 2. The van der Waals surface area contributed by atoms with Gasteiger partial charge in [-0.25, -0.2) is 19.6 Å². The average Bonchev–Trinajstić information content (AvgIpc) is 3.11. The third-order valence-electron chi connectivity index (χ3n) is 2.02. The number of carbonyl (C=O) groups excluding carboxylic acids is 2. The number of nitrogens with zero attached hydrogens (tertiary/aromatic N) is 2. The SMILES string of the molecule is COC(=O)c1ncsc1SSc1scnc1C(=O)OC. The van der Waals surface area contributed by atoms with Gasteiger partial charge in [-0.2, -0.15) is 0 Å². The number of aromatic nitrogens is 2. The van der Waals surface area contributed by atoms with E-state index in [0.717, 1.165) is 0 Å². The first-order valence-electron chi connectivity index (χ1n) is 5.05. The van der Waals surface area contributed by atoms with Crippen LogP contribution < -0.4 is 0 Å². The number of thiazole rings is 2. The monoisotopic (exact) mass is 348 g/mol. The summed E-state index contributed by atoms with van der Waals surface area (Å²) in [6, 6.07) is 0. The molecule has 0 bridgehead atoms. The predicted octanol–water partition coefficient (Wildman–Crippen LogP) is 2.97. The fraction of sp³-hybridized carbons (Fsp3) is 0.200. The molecule has 0 saturated carbocycles. The number of esters is 2. The minimum atomic E-state index is -0.480. The smallest absolute Gasteiger partial charge is 0.358 e. The molecule has 2 aromatic rings. The quantitative estimate of drug-likeness (QED) is 0.603. The number of hydrogen-bond donors (Lipinski definition) is 0. The molecule has 0 N–H and O–H groups in total. The van der Waals surface area contributed by atoms with E-state index in [0.29, 0.717) is 8.42 Å². The number of ether oxygens (including phenoxy) is 2. The van der Waals surface area contributed by atoms with Crippen LogP contribution >= 0.6 is 44.3 Å². The van der Waals surface area contributed by atoms with Gasteiger partial charge in [-0.3, -0.25) is 0 Å². The van der Waals surface area contributed by atoms with Crippen LogP contribution in [0, 0.1) is 0 Å². The van der Waals surface area contributed by atoms with Crippen molar-refractivity contribution in [3.05, 3.63) is 22.4 Å². The number of rotatable bonds is 5. The van der Waals surface area contributed by atoms with Crippen LogP contribution in [0.2, 0.25) is 0 Å². The molecule has 2 aromatic heterocycles. The Morgan fingerprint density at radius 1 is 0.950 bits per heavy atom. The Bertz CT molecular complexity index is 570. The van der Waals surface area contributed by atoms with Gasteiger partial charge in [0.1, 0.15) is 8.42 Å². The molecular weight excluding hydrogens is 340 g/mol. The molecule has 2 rings (SSSR count). The van der Waals surface area contributed by atoms with E-state index in [2.05, 4.69) is 19.4 Å². The maximum Gasteiger partial charge on any atom is 0.358 e. The van der Waals surface area contributed by atoms with Gasteiger partial charge in [0.05, 0.1) is 25.2 Å². The third kappa shape index (κ3) is 3.32. The van der Waals surface area contributed by atoms with E-state index in [4.69, 9.17) is 0 Å². The second-order valence-corrected chi connectivity index (χ2v) is 7.50. The van der Waals surface area contributed by atoms with Crippen molar-refractivity contribution in [3.63, 3.8) is 0 Å². The molecule has 0 saturated heterocycles. The van der Waals surface area contributed by atoms with Gasteiger partial charge in [0.15, 0.2) is 11.4 Å². The van der Waals surface area contributed by atoms with E-state index in [1.54, 1.807) is 11.0 Å². The Labute approximate surface area is 130 Å². The molecule has 0 amide bonds. The average molecular weight is 348 g/mol. The predicted molar refractivity (Wildman–Crippen MR) is 78.6 cm³/mol. The van der Waals surface area contributed by atoms with Crippen LogP contribution in [0.1, 0.15) is 21.0 Å². The molecule has 10 heteroatoms. The molecule has 0 unspecified atom stereocenters. The largest absolute Gasteiger partial charge is 0.464 e. The van der Waals surface area contributed by atoms with E-state index < -0.39 is 11.9 Å². The zero-order valence-corrected chi connectivity index (χ0v) is 13.6. The molecule has 20 heavy (non-hydrogen) atoms. The van der Waals surface area contributed by atoms with Crippen molar-refractivity contribution < 1.29 is 19.1 Å². The van der Waals surface area contributed by atoms with Gasteiger partial charge in [0.25, 0.3) is 0 Å². The minimum Gasteiger partial charge on any atom is -0.464 e. The highest BCUT2D eigenvalue weighted by molar-refractivity contribution is 8.77. The molecule has 0 aliphatic heterocycles. The fourth-order valence-corrected chi connectivity index (χ4v) is 5.53. The van der Waals surface area contributed by atoms with Gasteiger partial charge < -0.3 is 9.47 Å². The summed E-state index contributed by atoms with van der Waals surface area (Å²) in [5.74, 6) is -0.960. The van der Waals surface area contributed by atoms with Crippen LogP contribution in [0.4, 0.5) is 0 Å². The van der Waals surface area contributed by atoms with Gasteiger partial charge in [-0.15, -0.1) is 22.7 Å². The van der Waals surface area contributed by atoms with Crippen LogP contribution in [0.3, 0.4) is 0 Å². The Kier molecular flexibility index (Phi) is 5.40. The van der Waals surface area contributed by atoms with Crippen molar-refractivity contribution in [2.75, 3.05) is 14.2 Å². The lowest BCUT2D eigenvalue weighted by Crippen LogP contribution is -2.02. The summed E-state index contributed by atoms with van der Waals surface area (Å²) in [6.45, 7) is 0. The maximum atomic E-state index is 11.5. The van der Waals surface area contributed by atoms with Crippen LogP contribution in [-0.2, 0) is 9.47 Å². The lowest BCUT2D eigenvalue weighted by Gasteiger charge is -2.00. The van der Waals surface area contributed by atoms with Crippen LogP contribution in [0.25, 0.3) is 0 Å². The molecule has 106 valence electrons. The molecule has 0 atom stereocenters. The van der Waals surface area contributed by atoms with Gasteiger partial charge in [0.2, 0.25) is 0 Å². The second kappa shape index (κ2) is 7.07. The van der Waals surface area contributed by atoms with Gasteiger partial charge in [-0.1, -0.05) is 0 Å². The Hall–Kier alpha value is -1.10. The van der Waals surface area contributed by atoms with Gasteiger partial charge >= 0.3 is 11.9 Å². The number of hydrogen-bond acceptors (Lipinski definition) is 10. The van der Waals surface area contributed by atoms with Crippen LogP contribution in [0.5, 0.6) is 0 Å². The van der Waals surface area contributed by atoms with Crippen molar-refractivity contribution >= 4 is 56.2 Å². The molecule has 0 fully saturated rings. The summed E-state index contributed by atoms with van der Waals surface area (Å²) >= 11 is 2.67. The fourth-order valence-electron chi connectivity index (χ4n) is 1.13. The van der Waals surface area contributed by atoms with E-state index in [-0.39, 0.29) is 11.4 Å². The molecule has 2 heterocycles. The van der Waals surface area contributed by atoms with Crippen LogP contribution in [-0.4, -0.2) is 36.1 Å². The summed E-state index contributed by atoms with van der Waals surface area (Å²) in [5.41, 5.74) is 3.70. The first-order chi connectivity index (χ1) is 9.67. The zero-order valence-electron chi connectivity index (χ0n) is 10.3. The number of methoxy groups -OCH3 is 2. The van der Waals surface area contributed by atoms with E-state index in [9.17, 15) is 9.59 Å². The van der Waals surface area contributed by atoms with Crippen molar-refractivity contribution in [2.24, 2.45) is 0 Å². The Morgan fingerprint density at radius 2 is 1.35 bits per heavy atom. The summed E-state index contributed by atoms with van der Waals surface area (Å²) < 4.78 is 10.7. The van der Waals surface area contributed by atoms with Crippen LogP contribution in [0.15, 0.2) is 19.4 Å². The Balaban J connectivity index is 2.10. The second-order valence-electron chi connectivity index (χ2n) is 3.13. The van der Waals surface area contributed by atoms with E-state index >= 15 is 0 Å². The summed E-state index contributed by atoms with van der Waals surface area (Å²) in [7, 11) is 5.28. The first-order valence-corrected chi connectivity index (χ1v) is 8.96. The molecule has 6 nitrogen and oxygen atoms in total. The van der Waals surface area contributed by atoms with Crippen molar-refractivity contribution in [3.8, 4) is 0 Å². The molecule has 0 radical (unpaired) electrons. The normalized spacial score (nSPS) is 10.3. The van der Waals surface area contributed by atoms with Gasteiger partial charge in [-0.05, 0) is 21.6 Å². The van der Waals surface area contributed by atoms with E-state index in [1.807, 2.05) is 0 Å². The minimum absolute atomic E-state index is 0.277. The lowest BCUT2D eigenvalue weighted by atomic mass is 10.5. The standard InChI is InChI=1S/C10H8N2O4S4/c1-15-7(13)5-9(17-3-11-5)19-20-10-6(8(14)16-2)12-4-18-10/h3-4H,1-2H3. The third-order valence-corrected chi connectivity index (χ3v) is 6.99. The highest BCUT2D eigenvalue weighted by Gasteiger charge is 2.20. The first kappa shape index (κ1) is 15.3. The molecular formula is C10H8N2O4S4. The van der Waals surface area contributed by atoms with Crippen molar-refractivity contribution in [1.82, 2.24) is 9.97 Å². The summed E-state index contributed by atoms with van der Waals surface area (Å²) in [6.07, 6.45) is 0. The zero-order chi connectivity index (χ0) is 14.5. The Morgan fingerprint density at radius 3 is 1.70 bits per heavy atom. The maximum absolute atomic E-state index is 11.5. The molecule has 0 spiro atoms. The molecule has 0 aromatic carbocycles. The van der Waals surface area contributed by atoms with E-state index in [1.165, 1.54) is 58.5 Å². The summed E-state index contributed by atoms with van der Waals surface area (Å²) in [5, 5.41) is 0. The molecule has 0 aliphatic rings. The lowest BCUT2D eigenvalue weighted by molar-refractivity contribution is 0.0582. The summed E-state index contributed by atoms with van der Waals surface area (Å²) in [4.78, 5) is 30.9. The van der Waals surface area contributed by atoms with Crippen molar-refractivity contribution in [2.45, 2.75) is 8.42 Å². The topological polar surface area (TPSA) is 78.4 Å².